The highest BCUT2D eigenvalue weighted by molar-refractivity contribution is 6.34. The van der Waals surface area contributed by atoms with Crippen LogP contribution in [0, 0.1) is 0 Å². The van der Waals surface area contributed by atoms with Crippen molar-refractivity contribution in [1.82, 2.24) is 0 Å². The van der Waals surface area contributed by atoms with Crippen molar-refractivity contribution in [3.05, 3.63) is 59.5 Å². The van der Waals surface area contributed by atoms with Gasteiger partial charge in [-0.1, -0.05) is 23.7 Å². The highest BCUT2D eigenvalue weighted by Crippen LogP contribution is 2.27. The monoisotopic (exact) mass is 289 g/mol. The standard InChI is InChI=1S/C16H16ClNO2/c1-12(2)18(15-8-4-3-7-14(15)17)16(19)10-9-13-6-5-11-20-13/h3-12H,1-2H3/b10-9+. The van der Waals surface area contributed by atoms with Crippen LogP contribution in [0.4, 0.5) is 5.69 Å². The van der Waals surface area contributed by atoms with E-state index in [2.05, 4.69) is 0 Å². The zero-order chi connectivity index (χ0) is 14.5. The molecule has 0 atom stereocenters. The second-order valence-electron chi connectivity index (χ2n) is 4.60. The van der Waals surface area contributed by atoms with Gasteiger partial charge < -0.3 is 9.32 Å². The molecule has 0 unspecified atom stereocenters. The molecule has 1 amide bonds. The summed E-state index contributed by atoms with van der Waals surface area (Å²) >= 11 is 6.17. The van der Waals surface area contributed by atoms with E-state index in [1.807, 2.05) is 32.0 Å². The number of carbonyl (C=O) groups excluding carboxylic acids is 1. The molecular weight excluding hydrogens is 274 g/mol. The molecule has 0 spiro atoms. The predicted molar refractivity (Wildman–Crippen MR) is 81.8 cm³/mol. The molecule has 0 radical (unpaired) electrons. The van der Waals surface area contributed by atoms with Crippen LogP contribution >= 0.6 is 11.6 Å². The van der Waals surface area contributed by atoms with Crippen LogP contribution in [-0.2, 0) is 4.79 Å². The molecule has 0 bridgehead atoms. The lowest BCUT2D eigenvalue weighted by atomic mass is 10.2. The topological polar surface area (TPSA) is 33.5 Å². The molecule has 1 heterocycles. The van der Waals surface area contributed by atoms with Gasteiger partial charge in [-0.2, -0.15) is 0 Å². The predicted octanol–water partition coefficient (Wildman–Crippen LogP) is 4.39. The Bertz CT molecular complexity index is 603. The Hall–Kier alpha value is -2.00. The van der Waals surface area contributed by atoms with Crippen LogP contribution in [-0.4, -0.2) is 11.9 Å². The molecule has 2 aromatic rings. The van der Waals surface area contributed by atoms with Crippen molar-refractivity contribution in [3.63, 3.8) is 0 Å². The third kappa shape index (κ3) is 3.31. The number of anilines is 1. The fourth-order valence-corrected chi connectivity index (χ4v) is 2.15. The summed E-state index contributed by atoms with van der Waals surface area (Å²) in [6.07, 6.45) is 4.70. The summed E-state index contributed by atoms with van der Waals surface area (Å²) in [7, 11) is 0. The number of nitrogens with zero attached hydrogens (tertiary/aromatic N) is 1. The molecule has 2 rings (SSSR count). The number of carbonyl (C=O) groups is 1. The first-order chi connectivity index (χ1) is 9.59. The maximum Gasteiger partial charge on any atom is 0.251 e. The van der Waals surface area contributed by atoms with Crippen LogP contribution in [0.25, 0.3) is 6.08 Å². The number of hydrogen-bond donors (Lipinski definition) is 0. The largest absolute Gasteiger partial charge is 0.465 e. The molecule has 1 aromatic carbocycles. The van der Waals surface area contributed by atoms with Gasteiger partial charge in [0.2, 0.25) is 0 Å². The van der Waals surface area contributed by atoms with E-state index in [0.29, 0.717) is 16.5 Å². The van der Waals surface area contributed by atoms with Gasteiger partial charge in [-0.3, -0.25) is 4.79 Å². The van der Waals surface area contributed by atoms with Crippen molar-refractivity contribution in [2.75, 3.05) is 4.90 Å². The second-order valence-corrected chi connectivity index (χ2v) is 5.01. The highest BCUT2D eigenvalue weighted by Gasteiger charge is 2.18. The summed E-state index contributed by atoms with van der Waals surface area (Å²) in [5, 5.41) is 0.556. The van der Waals surface area contributed by atoms with Gasteiger partial charge in [0.1, 0.15) is 5.76 Å². The fraction of sp³-hybridized carbons (Fsp3) is 0.188. The van der Waals surface area contributed by atoms with Gasteiger partial charge in [-0.25, -0.2) is 0 Å². The molecular formula is C16H16ClNO2. The molecule has 104 valence electrons. The molecule has 20 heavy (non-hydrogen) atoms. The van der Waals surface area contributed by atoms with Crippen LogP contribution in [0.2, 0.25) is 5.02 Å². The van der Waals surface area contributed by atoms with Gasteiger partial charge >= 0.3 is 0 Å². The molecule has 4 heteroatoms. The van der Waals surface area contributed by atoms with Crippen molar-refractivity contribution in [3.8, 4) is 0 Å². The SMILES string of the molecule is CC(C)N(C(=O)/C=C/c1ccco1)c1ccccc1Cl. The average Bonchev–Trinajstić information content (AvgIpc) is 2.92. The van der Waals surface area contributed by atoms with Gasteiger partial charge in [0.05, 0.1) is 17.0 Å². The Kier molecular flexibility index (Phi) is 4.64. The minimum Gasteiger partial charge on any atom is -0.465 e. The van der Waals surface area contributed by atoms with E-state index in [-0.39, 0.29) is 11.9 Å². The minimum absolute atomic E-state index is 0.00338. The zero-order valence-corrected chi connectivity index (χ0v) is 12.2. The van der Waals surface area contributed by atoms with Crippen LogP contribution in [0.3, 0.4) is 0 Å². The van der Waals surface area contributed by atoms with Crippen molar-refractivity contribution < 1.29 is 9.21 Å². The van der Waals surface area contributed by atoms with Crippen molar-refractivity contribution in [2.24, 2.45) is 0 Å². The van der Waals surface area contributed by atoms with Crippen molar-refractivity contribution in [2.45, 2.75) is 19.9 Å². The summed E-state index contributed by atoms with van der Waals surface area (Å²) in [5.41, 5.74) is 0.707. The number of benzene rings is 1. The quantitative estimate of drug-likeness (QED) is 0.782. The van der Waals surface area contributed by atoms with Gasteiger partial charge in [-0.05, 0) is 44.2 Å². The molecule has 0 fully saturated rings. The number of furan rings is 1. The normalized spacial score (nSPS) is 11.2. The number of rotatable bonds is 4. The van der Waals surface area contributed by atoms with E-state index in [0.717, 1.165) is 0 Å². The molecule has 0 saturated heterocycles. The first-order valence-electron chi connectivity index (χ1n) is 6.39. The van der Waals surface area contributed by atoms with E-state index >= 15 is 0 Å². The first kappa shape index (κ1) is 14.4. The van der Waals surface area contributed by atoms with E-state index in [1.165, 1.54) is 6.08 Å². The summed E-state index contributed by atoms with van der Waals surface area (Å²) < 4.78 is 5.17. The fourth-order valence-electron chi connectivity index (χ4n) is 1.92. The Morgan fingerprint density at radius 1 is 1.25 bits per heavy atom. The lowest BCUT2D eigenvalue weighted by Gasteiger charge is -2.26. The van der Waals surface area contributed by atoms with E-state index in [4.69, 9.17) is 16.0 Å². The molecule has 0 aliphatic heterocycles. The smallest absolute Gasteiger partial charge is 0.251 e. The summed E-state index contributed by atoms with van der Waals surface area (Å²) in [6.45, 7) is 3.89. The van der Waals surface area contributed by atoms with Gasteiger partial charge in [0.15, 0.2) is 0 Å². The maximum absolute atomic E-state index is 12.4. The molecule has 0 aliphatic rings. The Balaban J connectivity index is 2.25. The summed E-state index contributed by atoms with van der Waals surface area (Å²) in [5.74, 6) is 0.505. The average molecular weight is 290 g/mol. The summed E-state index contributed by atoms with van der Waals surface area (Å²) in [4.78, 5) is 14.0. The van der Waals surface area contributed by atoms with Crippen LogP contribution in [0.5, 0.6) is 0 Å². The molecule has 0 saturated carbocycles. The van der Waals surface area contributed by atoms with Gasteiger partial charge in [0.25, 0.3) is 5.91 Å². The molecule has 0 N–H and O–H groups in total. The molecule has 0 aliphatic carbocycles. The van der Waals surface area contributed by atoms with Crippen LogP contribution in [0.1, 0.15) is 19.6 Å². The van der Waals surface area contributed by atoms with E-state index < -0.39 is 0 Å². The van der Waals surface area contributed by atoms with Gasteiger partial charge in [0, 0.05) is 12.1 Å². The number of halogens is 1. The number of hydrogen-bond acceptors (Lipinski definition) is 2. The maximum atomic E-state index is 12.4. The van der Waals surface area contributed by atoms with E-state index in [1.54, 1.807) is 35.4 Å². The Morgan fingerprint density at radius 2 is 2.00 bits per heavy atom. The Morgan fingerprint density at radius 3 is 2.60 bits per heavy atom. The van der Waals surface area contributed by atoms with Crippen LogP contribution in [0.15, 0.2) is 53.2 Å². The minimum atomic E-state index is -0.135. The lowest BCUT2D eigenvalue weighted by molar-refractivity contribution is -0.114. The number of amides is 1. The van der Waals surface area contributed by atoms with E-state index in [9.17, 15) is 4.79 Å². The van der Waals surface area contributed by atoms with Crippen molar-refractivity contribution >= 4 is 29.3 Å². The van der Waals surface area contributed by atoms with Gasteiger partial charge in [-0.15, -0.1) is 0 Å². The molecule has 3 nitrogen and oxygen atoms in total. The highest BCUT2D eigenvalue weighted by atomic mass is 35.5. The van der Waals surface area contributed by atoms with Crippen LogP contribution < -0.4 is 4.90 Å². The summed E-state index contributed by atoms with van der Waals surface area (Å²) in [6, 6.07) is 10.9. The third-order valence-corrected chi connectivity index (χ3v) is 3.12. The molecule has 1 aromatic heterocycles. The number of para-hydroxylation sites is 1. The second kappa shape index (κ2) is 6.44. The first-order valence-corrected chi connectivity index (χ1v) is 6.76. The van der Waals surface area contributed by atoms with Crippen molar-refractivity contribution in [1.29, 1.82) is 0 Å². The zero-order valence-electron chi connectivity index (χ0n) is 11.4. The lowest BCUT2D eigenvalue weighted by Crippen LogP contribution is -2.35. The third-order valence-electron chi connectivity index (χ3n) is 2.80. The Labute approximate surface area is 123 Å².